The number of hydrogen-bond acceptors (Lipinski definition) is 6. The quantitative estimate of drug-likeness (QED) is 0.345. The van der Waals surface area contributed by atoms with Crippen LogP contribution in [0.15, 0.2) is 54.9 Å². The molecule has 0 spiro atoms. The fourth-order valence-electron chi connectivity index (χ4n) is 4.08. The summed E-state index contributed by atoms with van der Waals surface area (Å²) in [6.07, 6.45) is -2.16. The van der Waals surface area contributed by atoms with Crippen LogP contribution in [-0.4, -0.2) is 38.9 Å². The average molecular weight is 482 g/mol. The lowest BCUT2D eigenvalue weighted by Crippen LogP contribution is -2.19. The lowest BCUT2D eigenvalue weighted by atomic mass is 10.1. The van der Waals surface area contributed by atoms with Gasteiger partial charge in [0.05, 0.1) is 17.0 Å². The molecule has 9 nitrogen and oxygen atoms in total. The molecule has 1 fully saturated rings. The van der Waals surface area contributed by atoms with E-state index in [-0.39, 0.29) is 11.7 Å². The summed E-state index contributed by atoms with van der Waals surface area (Å²) in [6, 6.07) is 10.8. The lowest BCUT2D eigenvalue weighted by molar-refractivity contribution is -0.137. The van der Waals surface area contributed by atoms with Gasteiger partial charge in [-0.1, -0.05) is 18.2 Å². The van der Waals surface area contributed by atoms with Crippen molar-refractivity contribution in [2.45, 2.75) is 18.6 Å². The smallest absolute Gasteiger partial charge is 0.383 e. The van der Waals surface area contributed by atoms with Crippen molar-refractivity contribution in [2.75, 3.05) is 29.5 Å². The summed E-state index contributed by atoms with van der Waals surface area (Å²) in [7, 11) is 0. The van der Waals surface area contributed by atoms with Crippen LogP contribution in [0.5, 0.6) is 0 Å². The van der Waals surface area contributed by atoms with Crippen molar-refractivity contribution >= 4 is 34.3 Å². The van der Waals surface area contributed by atoms with Gasteiger partial charge in [-0.2, -0.15) is 18.3 Å². The van der Waals surface area contributed by atoms with Gasteiger partial charge in [-0.25, -0.2) is 19.4 Å². The van der Waals surface area contributed by atoms with Crippen molar-refractivity contribution in [2.24, 2.45) is 0 Å². The molecule has 12 heteroatoms. The second-order valence-electron chi connectivity index (χ2n) is 8.13. The van der Waals surface area contributed by atoms with Gasteiger partial charge in [-0.3, -0.25) is 0 Å². The summed E-state index contributed by atoms with van der Waals surface area (Å²) >= 11 is 0. The van der Waals surface area contributed by atoms with Crippen LogP contribution in [0.3, 0.4) is 0 Å². The van der Waals surface area contributed by atoms with Crippen LogP contribution >= 0.6 is 0 Å². The van der Waals surface area contributed by atoms with Gasteiger partial charge in [-0.05, 0) is 43.3 Å². The molecule has 0 radical (unpaired) electrons. The average Bonchev–Trinajstić information content (AvgIpc) is 3.48. The van der Waals surface area contributed by atoms with Crippen LogP contribution in [0, 0.1) is 0 Å². The van der Waals surface area contributed by atoms with Gasteiger partial charge >= 0.3 is 12.2 Å². The van der Waals surface area contributed by atoms with Crippen LogP contribution in [-0.2, 0) is 6.18 Å². The van der Waals surface area contributed by atoms with Crippen LogP contribution < -0.4 is 21.7 Å². The number of benzene rings is 2. The highest BCUT2D eigenvalue weighted by molar-refractivity contribution is 6.01. The van der Waals surface area contributed by atoms with Crippen molar-refractivity contribution in [3.8, 4) is 11.3 Å². The minimum atomic E-state index is -4.50. The third-order valence-electron chi connectivity index (χ3n) is 5.76. The van der Waals surface area contributed by atoms with Crippen molar-refractivity contribution in [3.63, 3.8) is 0 Å². The Hall–Kier alpha value is -4.19. The Morgan fingerprint density at radius 2 is 1.86 bits per heavy atom. The van der Waals surface area contributed by atoms with E-state index < -0.39 is 17.8 Å². The molecule has 1 aliphatic rings. The fraction of sp³-hybridized carbons (Fsp3) is 0.217. The topological polar surface area (TPSA) is 123 Å². The van der Waals surface area contributed by atoms with E-state index in [0.717, 1.165) is 37.2 Å². The Morgan fingerprint density at radius 3 is 2.57 bits per heavy atom. The van der Waals surface area contributed by atoms with Crippen molar-refractivity contribution < 1.29 is 18.0 Å². The molecule has 4 aromatic rings. The van der Waals surface area contributed by atoms with E-state index in [4.69, 9.17) is 10.8 Å². The zero-order valence-electron chi connectivity index (χ0n) is 18.3. The number of fused-ring (bicyclic) bond motifs is 1. The number of nitrogens with one attached hydrogen (secondary N) is 3. The fourth-order valence-corrected chi connectivity index (χ4v) is 4.08. The third kappa shape index (κ3) is 4.60. The molecule has 1 unspecified atom stereocenters. The molecule has 2 aromatic carbocycles. The maximum Gasteiger partial charge on any atom is 0.416 e. The second-order valence-corrected chi connectivity index (χ2v) is 8.13. The number of anilines is 3. The Balaban J connectivity index is 1.36. The number of rotatable bonds is 4. The minimum absolute atomic E-state index is 0.0304. The number of nitrogens with two attached hydrogens (primary N) is 1. The maximum atomic E-state index is 12.9. The van der Waals surface area contributed by atoms with Crippen molar-refractivity contribution in [1.29, 1.82) is 0 Å². The van der Waals surface area contributed by atoms with Crippen LogP contribution in [0.1, 0.15) is 18.0 Å². The number of nitrogen functional groups attached to an aromatic ring is 1. The van der Waals surface area contributed by atoms with E-state index in [1.54, 1.807) is 24.3 Å². The first-order valence-electron chi connectivity index (χ1n) is 10.8. The number of carbonyl (C=O) groups is 1. The molecule has 1 atom stereocenters. The van der Waals surface area contributed by atoms with Crippen molar-refractivity contribution in [1.82, 2.24) is 25.1 Å². The summed E-state index contributed by atoms with van der Waals surface area (Å²) in [5, 5.41) is 13.8. The summed E-state index contributed by atoms with van der Waals surface area (Å²) in [6.45, 7) is 1.68. The lowest BCUT2D eigenvalue weighted by Gasteiger charge is -2.11. The number of halogens is 3. The minimum Gasteiger partial charge on any atom is -0.383 e. The highest BCUT2D eigenvalue weighted by Crippen LogP contribution is 2.33. The Labute approximate surface area is 197 Å². The standard InChI is InChI=1S/C23H21F3N8O/c24-23(25,26)14-2-1-3-16(10-14)32-22(35)31-15-6-4-13(5-7-15)19-18-20(27)29-12-30-21(18)34(33-19)17-8-9-28-11-17/h1-7,10,12,17,28H,8-9,11H2,(H2,27,29,30)(H2,31,32,35). The van der Waals surface area contributed by atoms with E-state index in [2.05, 4.69) is 25.9 Å². The molecule has 5 N–H and O–H groups in total. The summed E-state index contributed by atoms with van der Waals surface area (Å²) in [4.78, 5) is 20.8. The molecule has 0 bridgehead atoms. The first kappa shape index (κ1) is 22.6. The number of hydrogen-bond donors (Lipinski definition) is 4. The molecule has 2 amide bonds. The van der Waals surface area contributed by atoms with Gasteiger partial charge in [-0.15, -0.1) is 0 Å². The molecule has 180 valence electrons. The second kappa shape index (κ2) is 8.87. The maximum absolute atomic E-state index is 12.9. The Bertz CT molecular complexity index is 1380. The van der Waals surface area contributed by atoms with Crippen molar-refractivity contribution in [3.05, 3.63) is 60.4 Å². The third-order valence-corrected chi connectivity index (χ3v) is 5.76. The van der Waals surface area contributed by atoms with Gasteiger partial charge in [0.25, 0.3) is 0 Å². The number of urea groups is 1. The number of nitrogens with zero attached hydrogens (tertiary/aromatic N) is 4. The van der Waals surface area contributed by atoms with Crippen LogP contribution in [0.25, 0.3) is 22.3 Å². The highest BCUT2D eigenvalue weighted by Gasteiger charge is 2.30. The number of aromatic nitrogens is 4. The molecule has 0 saturated carbocycles. The largest absolute Gasteiger partial charge is 0.416 e. The van der Waals surface area contributed by atoms with E-state index in [0.29, 0.717) is 28.2 Å². The zero-order chi connectivity index (χ0) is 24.6. The molecule has 0 aliphatic carbocycles. The number of alkyl halides is 3. The normalized spacial score (nSPS) is 15.9. The molecular formula is C23H21F3N8O. The molecule has 35 heavy (non-hydrogen) atoms. The van der Waals surface area contributed by atoms with E-state index in [1.165, 1.54) is 18.5 Å². The van der Waals surface area contributed by atoms with E-state index in [1.807, 2.05) is 4.68 Å². The number of carbonyl (C=O) groups excluding carboxylic acids is 1. The van der Waals surface area contributed by atoms with Gasteiger partial charge in [0.2, 0.25) is 0 Å². The zero-order valence-corrected chi connectivity index (χ0v) is 18.3. The SMILES string of the molecule is Nc1ncnc2c1c(-c1ccc(NC(=O)Nc3cccc(C(F)(F)F)c3)cc1)nn2C1CCNC1. The van der Waals surface area contributed by atoms with Crippen LogP contribution in [0.4, 0.5) is 35.2 Å². The Morgan fingerprint density at radius 1 is 1.09 bits per heavy atom. The highest BCUT2D eigenvalue weighted by atomic mass is 19.4. The van der Waals surface area contributed by atoms with E-state index >= 15 is 0 Å². The molecule has 3 heterocycles. The van der Waals surface area contributed by atoms with Gasteiger partial charge in [0.15, 0.2) is 5.65 Å². The summed E-state index contributed by atoms with van der Waals surface area (Å²) in [5.74, 6) is 0.324. The first-order chi connectivity index (χ1) is 16.8. The van der Waals surface area contributed by atoms with Crippen LogP contribution in [0.2, 0.25) is 0 Å². The predicted octanol–water partition coefficient (Wildman–Crippen LogP) is 4.27. The Kier molecular flexibility index (Phi) is 5.73. The first-order valence-corrected chi connectivity index (χ1v) is 10.8. The molecule has 1 saturated heterocycles. The van der Waals surface area contributed by atoms with Gasteiger partial charge in [0.1, 0.15) is 17.8 Å². The number of amides is 2. The summed E-state index contributed by atoms with van der Waals surface area (Å²) < 4.78 is 40.5. The van der Waals surface area contributed by atoms with Gasteiger partial charge < -0.3 is 21.7 Å². The molecule has 5 rings (SSSR count). The monoisotopic (exact) mass is 482 g/mol. The molecule has 2 aromatic heterocycles. The molecule has 1 aliphatic heterocycles. The summed E-state index contributed by atoms with van der Waals surface area (Å²) in [5.41, 5.74) is 7.83. The van der Waals surface area contributed by atoms with Gasteiger partial charge in [0, 0.05) is 23.5 Å². The molecular weight excluding hydrogens is 461 g/mol. The predicted molar refractivity (Wildman–Crippen MR) is 126 cm³/mol. The van der Waals surface area contributed by atoms with E-state index in [9.17, 15) is 18.0 Å².